The van der Waals surface area contributed by atoms with E-state index in [0.717, 1.165) is 11.5 Å². The molecule has 112 valence electrons. The van der Waals surface area contributed by atoms with Crippen molar-refractivity contribution in [1.29, 1.82) is 0 Å². The molecule has 0 bridgehead atoms. The molecule has 3 rings (SSSR count). The second-order valence-corrected chi connectivity index (χ2v) is 6.60. The lowest BCUT2D eigenvalue weighted by Crippen LogP contribution is -2.27. The van der Waals surface area contributed by atoms with Crippen molar-refractivity contribution in [3.05, 3.63) is 42.0 Å². The predicted octanol–water partition coefficient (Wildman–Crippen LogP) is 3.69. The molecule has 0 radical (unpaired) electrons. The molecule has 2 aromatic rings. The average Bonchev–Trinajstić information content (AvgIpc) is 2.99. The predicted molar refractivity (Wildman–Crippen MR) is 85.1 cm³/mol. The smallest absolute Gasteiger partial charge is 0.143 e. The number of aromatic nitrogens is 3. The number of nitrogens with two attached hydrogens (primary N) is 1. The number of hydrogen-bond donors (Lipinski definition) is 1. The molecule has 4 nitrogen and oxygen atoms in total. The number of nitrogen functional groups attached to an aromatic ring is 1. The van der Waals surface area contributed by atoms with Gasteiger partial charge in [-0.1, -0.05) is 31.4 Å². The van der Waals surface area contributed by atoms with Gasteiger partial charge in [-0.3, -0.25) is 0 Å². The maximum atomic E-state index is 5.80. The van der Waals surface area contributed by atoms with Crippen molar-refractivity contribution in [1.82, 2.24) is 14.8 Å². The van der Waals surface area contributed by atoms with Crippen molar-refractivity contribution < 1.29 is 0 Å². The summed E-state index contributed by atoms with van der Waals surface area (Å²) in [5, 5.41) is 8.64. The first kappa shape index (κ1) is 14.1. The number of nitrogens with zero attached hydrogens (tertiary/aromatic N) is 3. The quantitative estimate of drug-likeness (QED) is 0.874. The molecular weight excluding hydrogens is 260 g/mol. The monoisotopic (exact) mass is 284 g/mol. The topological polar surface area (TPSA) is 56.7 Å². The van der Waals surface area contributed by atoms with Gasteiger partial charge in [-0.25, -0.2) is 0 Å². The summed E-state index contributed by atoms with van der Waals surface area (Å²) in [5.41, 5.74) is 7.66. The van der Waals surface area contributed by atoms with Crippen molar-refractivity contribution in [3.63, 3.8) is 0 Å². The normalized spacial score (nSPS) is 17.0. The summed E-state index contributed by atoms with van der Waals surface area (Å²) in [7, 11) is 0. The third-order valence-electron chi connectivity index (χ3n) is 4.73. The lowest BCUT2D eigenvalue weighted by atomic mass is 9.83. The maximum absolute atomic E-state index is 5.80. The van der Waals surface area contributed by atoms with Crippen LogP contribution in [0.5, 0.6) is 0 Å². The maximum Gasteiger partial charge on any atom is 0.143 e. The van der Waals surface area contributed by atoms with Crippen molar-refractivity contribution in [2.45, 2.75) is 57.4 Å². The van der Waals surface area contributed by atoms with Crippen LogP contribution in [-0.2, 0) is 5.41 Å². The number of rotatable bonds is 3. The van der Waals surface area contributed by atoms with Crippen LogP contribution in [0.25, 0.3) is 0 Å². The van der Waals surface area contributed by atoms with Crippen molar-refractivity contribution in [2.24, 2.45) is 0 Å². The fourth-order valence-corrected chi connectivity index (χ4v) is 3.35. The number of benzene rings is 1. The highest BCUT2D eigenvalue weighted by Crippen LogP contribution is 2.35. The molecule has 0 unspecified atom stereocenters. The van der Waals surface area contributed by atoms with Gasteiger partial charge in [-0.2, -0.15) is 0 Å². The fraction of sp³-hybridized carbons (Fsp3) is 0.529. The molecule has 0 amide bonds. The summed E-state index contributed by atoms with van der Waals surface area (Å²) in [4.78, 5) is 0. The summed E-state index contributed by atoms with van der Waals surface area (Å²) in [5.74, 6) is 1.05. The third kappa shape index (κ3) is 2.67. The largest absolute Gasteiger partial charge is 0.399 e. The van der Waals surface area contributed by atoms with Crippen LogP contribution in [0.3, 0.4) is 0 Å². The second-order valence-electron chi connectivity index (χ2n) is 6.60. The lowest BCUT2D eigenvalue weighted by Gasteiger charge is -2.30. The lowest BCUT2D eigenvalue weighted by molar-refractivity contribution is 0.334. The van der Waals surface area contributed by atoms with Crippen molar-refractivity contribution >= 4 is 5.69 Å². The van der Waals surface area contributed by atoms with Crippen LogP contribution in [0.2, 0.25) is 0 Å². The van der Waals surface area contributed by atoms with E-state index in [-0.39, 0.29) is 5.41 Å². The minimum atomic E-state index is -0.165. The van der Waals surface area contributed by atoms with Crippen LogP contribution >= 0.6 is 0 Å². The zero-order valence-electron chi connectivity index (χ0n) is 12.9. The van der Waals surface area contributed by atoms with E-state index in [0.29, 0.717) is 6.04 Å². The van der Waals surface area contributed by atoms with Gasteiger partial charge in [0, 0.05) is 17.1 Å². The van der Waals surface area contributed by atoms with E-state index in [1.54, 1.807) is 0 Å². The Hall–Kier alpha value is -1.84. The van der Waals surface area contributed by atoms with Gasteiger partial charge in [-0.15, -0.1) is 10.2 Å². The molecule has 1 aromatic carbocycles. The summed E-state index contributed by atoms with van der Waals surface area (Å²) in [6.45, 7) is 4.42. The molecule has 0 aliphatic heterocycles. The molecule has 0 saturated heterocycles. The van der Waals surface area contributed by atoms with E-state index in [4.69, 9.17) is 5.73 Å². The zero-order valence-corrected chi connectivity index (χ0v) is 12.9. The van der Waals surface area contributed by atoms with Gasteiger partial charge in [0.25, 0.3) is 0 Å². The Kier molecular flexibility index (Phi) is 3.70. The fourth-order valence-electron chi connectivity index (χ4n) is 3.35. The SMILES string of the molecule is CC(C)(c1ccc(N)cc1)c1nncn1C1CCCCC1. The summed E-state index contributed by atoms with van der Waals surface area (Å²) >= 11 is 0. The molecule has 1 aliphatic rings. The molecule has 1 saturated carbocycles. The molecular formula is C17H24N4. The van der Waals surface area contributed by atoms with Gasteiger partial charge >= 0.3 is 0 Å². The standard InChI is InChI=1S/C17H24N4/c1-17(2,13-8-10-14(18)11-9-13)16-20-19-12-21(16)15-6-4-3-5-7-15/h8-12,15H,3-7,18H2,1-2H3. The first-order chi connectivity index (χ1) is 10.1. The summed E-state index contributed by atoms with van der Waals surface area (Å²) in [6.07, 6.45) is 8.36. The van der Waals surface area contributed by atoms with Gasteiger partial charge in [0.2, 0.25) is 0 Å². The number of anilines is 1. The van der Waals surface area contributed by atoms with E-state index >= 15 is 0 Å². The van der Waals surface area contributed by atoms with Crippen LogP contribution in [0.15, 0.2) is 30.6 Å². The molecule has 1 fully saturated rings. The minimum absolute atomic E-state index is 0.165. The van der Waals surface area contributed by atoms with Gasteiger partial charge in [-0.05, 0) is 44.4 Å². The Morgan fingerprint density at radius 2 is 1.76 bits per heavy atom. The molecule has 1 aliphatic carbocycles. The van der Waals surface area contributed by atoms with Crippen molar-refractivity contribution in [2.75, 3.05) is 5.73 Å². The third-order valence-corrected chi connectivity index (χ3v) is 4.73. The van der Waals surface area contributed by atoms with Crippen LogP contribution in [-0.4, -0.2) is 14.8 Å². The summed E-state index contributed by atoms with van der Waals surface area (Å²) in [6, 6.07) is 8.65. The Bertz CT molecular complexity index is 592. The molecule has 2 N–H and O–H groups in total. The first-order valence-electron chi connectivity index (χ1n) is 7.85. The number of hydrogen-bond acceptors (Lipinski definition) is 3. The van der Waals surface area contributed by atoms with Crippen LogP contribution in [0.4, 0.5) is 5.69 Å². The molecule has 1 aromatic heterocycles. The van der Waals surface area contributed by atoms with Crippen molar-refractivity contribution in [3.8, 4) is 0 Å². The highest BCUT2D eigenvalue weighted by atomic mass is 15.3. The van der Waals surface area contributed by atoms with Crippen LogP contribution in [0, 0.1) is 0 Å². The Labute approximate surface area is 126 Å². The highest BCUT2D eigenvalue weighted by Gasteiger charge is 2.31. The average molecular weight is 284 g/mol. The highest BCUT2D eigenvalue weighted by molar-refractivity contribution is 5.43. The van der Waals surface area contributed by atoms with Gasteiger partial charge in [0.15, 0.2) is 0 Å². The summed E-state index contributed by atoms with van der Waals surface area (Å²) < 4.78 is 2.30. The second kappa shape index (κ2) is 5.51. The van der Waals surface area contributed by atoms with Crippen LogP contribution < -0.4 is 5.73 Å². The Morgan fingerprint density at radius 1 is 1.10 bits per heavy atom. The van der Waals surface area contributed by atoms with Gasteiger partial charge in [0.05, 0.1) is 0 Å². The zero-order chi connectivity index (χ0) is 14.9. The minimum Gasteiger partial charge on any atom is -0.399 e. The molecule has 0 spiro atoms. The molecule has 0 atom stereocenters. The first-order valence-corrected chi connectivity index (χ1v) is 7.85. The van der Waals surface area contributed by atoms with Gasteiger partial charge < -0.3 is 10.3 Å². The van der Waals surface area contributed by atoms with E-state index < -0.39 is 0 Å². The van der Waals surface area contributed by atoms with Gasteiger partial charge in [0.1, 0.15) is 12.2 Å². The Morgan fingerprint density at radius 3 is 2.43 bits per heavy atom. The molecule has 21 heavy (non-hydrogen) atoms. The van der Waals surface area contributed by atoms with E-state index in [1.165, 1.54) is 37.7 Å². The molecule has 1 heterocycles. The van der Waals surface area contributed by atoms with E-state index in [1.807, 2.05) is 18.5 Å². The van der Waals surface area contributed by atoms with E-state index in [2.05, 4.69) is 40.7 Å². The van der Waals surface area contributed by atoms with Crippen LogP contribution in [0.1, 0.15) is 63.4 Å². The molecule has 4 heteroatoms. The Balaban J connectivity index is 1.95. The van der Waals surface area contributed by atoms with E-state index in [9.17, 15) is 0 Å².